The molecule has 1 rings (SSSR count). The molecule has 0 fully saturated rings. The zero-order chi connectivity index (χ0) is 10.9. The maximum absolute atomic E-state index is 5.31. The fourth-order valence-electron chi connectivity index (χ4n) is 1.18. The highest BCUT2D eigenvalue weighted by atomic mass is 16.5. The van der Waals surface area contributed by atoms with Crippen LogP contribution in [0.1, 0.15) is 5.69 Å². The van der Waals surface area contributed by atoms with Crippen molar-refractivity contribution in [2.75, 3.05) is 33.5 Å². The molecule has 5 nitrogen and oxygen atoms in total. The van der Waals surface area contributed by atoms with Crippen molar-refractivity contribution in [3.05, 3.63) is 18.0 Å². The van der Waals surface area contributed by atoms with Crippen molar-refractivity contribution in [3.8, 4) is 0 Å². The third-order valence-corrected chi connectivity index (χ3v) is 2.08. The number of aromatic nitrogens is 2. The first kappa shape index (κ1) is 12.2. The van der Waals surface area contributed by atoms with E-state index in [-0.39, 0.29) is 0 Å². The Bertz CT molecular complexity index is 263. The predicted molar refractivity (Wildman–Crippen MR) is 57.6 cm³/mol. The molecule has 0 saturated carbocycles. The smallest absolute Gasteiger partial charge is 0.0700 e. The lowest BCUT2D eigenvalue weighted by molar-refractivity contribution is 0.0718. The first-order valence-corrected chi connectivity index (χ1v) is 5.09. The van der Waals surface area contributed by atoms with Gasteiger partial charge in [-0.15, -0.1) is 0 Å². The lowest BCUT2D eigenvalue weighted by atomic mass is 10.4. The lowest BCUT2D eigenvalue weighted by Crippen LogP contribution is -2.21. The van der Waals surface area contributed by atoms with Crippen LogP contribution in [-0.2, 0) is 23.1 Å². The van der Waals surface area contributed by atoms with Crippen molar-refractivity contribution in [2.24, 2.45) is 7.05 Å². The van der Waals surface area contributed by atoms with E-state index in [1.54, 1.807) is 13.3 Å². The van der Waals surface area contributed by atoms with Crippen LogP contribution in [0.25, 0.3) is 0 Å². The highest BCUT2D eigenvalue weighted by Gasteiger charge is 1.96. The SMILES string of the molecule is COCCOCCNCc1ccnn1C. The maximum atomic E-state index is 5.31. The molecule has 0 aliphatic carbocycles. The number of ether oxygens (including phenoxy) is 2. The van der Waals surface area contributed by atoms with Gasteiger partial charge in [-0.3, -0.25) is 4.68 Å². The molecule has 1 N–H and O–H groups in total. The zero-order valence-corrected chi connectivity index (χ0v) is 9.40. The van der Waals surface area contributed by atoms with E-state index in [0.717, 1.165) is 13.1 Å². The summed E-state index contributed by atoms with van der Waals surface area (Å²) in [6, 6.07) is 2.00. The van der Waals surface area contributed by atoms with Crippen molar-refractivity contribution in [1.29, 1.82) is 0 Å². The topological polar surface area (TPSA) is 48.3 Å². The van der Waals surface area contributed by atoms with Crippen LogP contribution in [0.15, 0.2) is 12.3 Å². The quantitative estimate of drug-likeness (QED) is 0.625. The summed E-state index contributed by atoms with van der Waals surface area (Å²) < 4.78 is 12.0. The largest absolute Gasteiger partial charge is 0.382 e. The van der Waals surface area contributed by atoms with Crippen LogP contribution in [-0.4, -0.2) is 43.3 Å². The second kappa shape index (κ2) is 7.39. The average Bonchev–Trinajstić information content (AvgIpc) is 2.63. The van der Waals surface area contributed by atoms with Crippen LogP contribution >= 0.6 is 0 Å². The molecule has 0 unspecified atom stereocenters. The van der Waals surface area contributed by atoms with Gasteiger partial charge >= 0.3 is 0 Å². The predicted octanol–water partition coefficient (Wildman–Crippen LogP) is 0.173. The Hall–Kier alpha value is -0.910. The molecule has 15 heavy (non-hydrogen) atoms. The third kappa shape index (κ3) is 4.92. The average molecular weight is 213 g/mol. The van der Waals surface area contributed by atoms with Gasteiger partial charge in [0, 0.05) is 33.4 Å². The summed E-state index contributed by atoms with van der Waals surface area (Å²) in [6.45, 7) is 3.69. The van der Waals surface area contributed by atoms with E-state index in [1.165, 1.54) is 5.69 Å². The van der Waals surface area contributed by atoms with Gasteiger partial charge in [-0.05, 0) is 6.07 Å². The Morgan fingerprint density at radius 3 is 2.93 bits per heavy atom. The van der Waals surface area contributed by atoms with Crippen LogP contribution in [0.4, 0.5) is 0 Å². The molecule has 5 heteroatoms. The molecular weight excluding hydrogens is 194 g/mol. The van der Waals surface area contributed by atoms with Gasteiger partial charge in [0.1, 0.15) is 0 Å². The maximum Gasteiger partial charge on any atom is 0.0700 e. The van der Waals surface area contributed by atoms with Gasteiger partial charge in [-0.1, -0.05) is 0 Å². The normalized spacial score (nSPS) is 10.8. The minimum absolute atomic E-state index is 0.654. The number of aryl methyl sites for hydroxylation is 1. The molecule has 0 aromatic carbocycles. The van der Waals surface area contributed by atoms with E-state index in [4.69, 9.17) is 9.47 Å². The molecule has 0 aliphatic heterocycles. The van der Waals surface area contributed by atoms with Gasteiger partial charge in [0.15, 0.2) is 0 Å². The van der Waals surface area contributed by atoms with Crippen molar-refractivity contribution in [1.82, 2.24) is 15.1 Å². The summed E-state index contributed by atoms with van der Waals surface area (Å²) in [4.78, 5) is 0. The van der Waals surface area contributed by atoms with E-state index in [9.17, 15) is 0 Å². The molecule has 1 heterocycles. The first-order valence-electron chi connectivity index (χ1n) is 5.09. The van der Waals surface area contributed by atoms with Crippen molar-refractivity contribution < 1.29 is 9.47 Å². The second-order valence-electron chi connectivity index (χ2n) is 3.23. The van der Waals surface area contributed by atoms with E-state index in [2.05, 4.69) is 10.4 Å². The van der Waals surface area contributed by atoms with Crippen molar-refractivity contribution >= 4 is 0 Å². The number of methoxy groups -OCH3 is 1. The highest BCUT2D eigenvalue weighted by molar-refractivity contribution is 4.98. The molecule has 0 aliphatic rings. The van der Waals surface area contributed by atoms with Gasteiger partial charge < -0.3 is 14.8 Å². The number of nitrogens with one attached hydrogen (secondary N) is 1. The third-order valence-electron chi connectivity index (χ3n) is 2.08. The highest BCUT2D eigenvalue weighted by Crippen LogP contribution is 1.94. The number of hydrogen-bond donors (Lipinski definition) is 1. The summed E-state index contributed by atoms with van der Waals surface area (Å²) in [5.74, 6) is 0. The number of rotatable bonds is 8. The summed E-state index contributed by atoms with van der Waals surface area (Å²) in [7, 11) is 3.61. The van der Waals surface area contributed by atoms with Gasteiger partial charge in [-0.25, -0.2) is 0 Å². The molecule has 1 aromatic rings. The fourth-order valence-corrected chi connectivity index (χ4v) is 1.18. The summed E-state index contributed by atoms with van der Waals surface area (Å²) in [5.41, 5.74) is 1.17. The van der Waals surface area contributed by atoms with Crippen LogP contribution in [0.2, 0.25) is 0 Å². The molecule has 0 spiro atoms. The molecule has 1 aromatic heterocycles. The lowest BCUT2D eigenvalue weighted by Gasteiger charge is -2.06. The molecule has 0 bridgehead atoms. The van der Waals surface area contributed by atoms with Crippen LogP contribution in [0.5, 0.6) is 0 Å². The minimum Gasteiger partial charge on any atom is -0.382 e. The molecule has 0 saturated heterocycles. The van der Waals surface area contributed by atoms with Gasteiger partial charge in [-0.2, -0.15) is 5.10 Å². The van der Waals surface area contributed by atoms with Gasteiger partial charge in [0.2, 0.25) is 0 Å². The Morgan fingerprint density at radius 2 is 2.27 bits per heavy atom. The van der Waals surface area contributed by atoms with Crippen molar-refractivity contribution in [3.63, 3.8) is 0 Å². The molecule has 0 amide bonds. The summed E-state index contributed by atoms with van der Waals surface area (Å²) >= 11 is 0. The minimum atomic E-state index is 0.654. The Kier molecular flexibility index (Phi) is 5.99. The van der Waals surface area contributed by atoms with Crippen LogP contribution in [0.3, 0.4) is 0 Å². The zero-order valence-electron chi connectivity index (χ0n) is 9.40. The van der Waals surface area contributed by atoms with Crippen LogP contribution in [0, 0.1) is 0 Å². The first-order chi connectivity index (χ1) is 7.34. The Labute approximate surface area is 90.4 Å². The van der Waals surface area contributed by atoms with E-state index in [0.29, 0.717) is 19.8 Å². The standard InChI is InChI=1S/C10H19N3O2/c1-13-10(3-4-12-13)9-11-5-6-15-8-7-14-2/h3-4,11H,5-9H2,1-2H3. The van der Waals surface area contributed by atoms with E-state index >= 15 is 0 Å². The number of hydrogen-bond acceptors (Lipinski definition) is 4. The monoisotopic (exact) mass is 213 g/mol. The molecule has 86 valence electrons. The molecule has 0 atom stereocenters. The van der Waals surface area contributed by atoms with Crippen LogP contribution < -0.4 is 5.32 Å². The Balaban J connectivity index is 1.96. The van der Waals surface area contributed by atoms with Crippen molar-refractivity contribution in [2.45, 2.75) is 6.54 Å². The summed E-state index contributed by atoms with van der Waals surface area (Å²) in [5, 5.41) is 7.36. The molecular formula is C10H19N3O2. The summed E-state index contributed by atoms with van der Waals surface area (Å²) in [6.07, 6.45) is 1.80. The fraction of sp³-hybridized carbons (Fsp3) is 0.700. The molecule has 0 radical (unpaired) electrons. The van der Waals surface area contributed by atoms with E-state index in [1.807, 2.05) is 17.8 Å². The van der Waals surface area contributed by atoms with Gasteiger partial charge in [0.25, 0.3) is 0 Å². The van der Waals surface area contributed by atoms with Gasteiger partial charge in [0.05, 0.1) is 25.5 Å². The second-order valence-corrected chi connectivity index (χ2v) is 3.23. The van der Waals surface area contributed by atoms with E-state index < -0.39 is 0 Å². The Morgan fingerprint density at radius 1 is 1.40 bits per heavy atom. The number of nitrogens with zero attached hydrogens (tertiary/aromatic N) is 2.